The first-order valence-corrected chi connectivity index (χ1v) is 11.5. The highest BCUT2D eigenvalue weighted by Crippen LogP contribution is 2.36. The van der Waals surface area contributed by atoms with Crippen molar-refractivity contribution in [3.05, 3.63) is 88.6 Å². The van der Waals surface area contributed by atoms with Crippen LogP contribution in [0.4, 0.5) is 0 Å². The lowest BCUT2D eigenvalue weighted by Crippen LogP contribution is -2.46. The summed E-state index contributed by atoms with van der Waals surface area (Å²) in [5.41, 5.74) is 8.31. The summed E-state index contributed by atoms with van der Waals surface area (Å²) in [6.07, 6.45) is 0.494. The van der Waals surface area contributed by atoms with Crippen molar-refractivity contribution in [1.29, 1.82) is 0 Å². The van der Waals surface area contributed by atoms with Crippen LogP contribution in [-0.2, 0) is 22.4 Å². The van der Waals surface area contributed by atoms with Crippen LogP contribution in [0.25, 0.3) is 21.1 Å². The van der Waals surface area contributed by atoms with Crippen molar-refractivity contribution < 1.29 is 9.59 Å². The second-order valence-corrected chi connectivity index (χ2v) is 9.05. The number of rotatable bonds is 8. The van der Waals surface area contributed by atoms with Crippen molar-refractivity contribution in [2.45, 2.75) is 18.9 Å². The van der Waals surface area contributed by atoms with Crippen LogP contribution in [-0.4, -0.2) is 22.8 Å². The maximum Gasteiger partial charge on any atom is 0.240 e. The molecule has 0 aliphatic carbocycles. The summed E-state index contributed by atoms with van der Waals surface area (Å²) in [4.78, 5) is 31.5. The van der Waals surface area contributed by atoms with E-state index >= 15 is 0 Å². The van der Waals surface area contributed by atoms with Gasteiger partial charge in [-0.05, 0) is 17.0 Å². The van der Waals surface area contributed by atoms with Crippen LogP contribution in [0.2, 0.25) is 0 Å². The van der Waals surface area contributed by atoms with E-state index in [0.29, 0.717) is 6.42 Å². The lowest BCUT2D eigenvalue weighted by Gasteiger charge is -2.15. The number of nitrogens with zero attached hydrogens (tertiary/aromatic N) is 1. The Morgan fingerprint density at radius 1 is 0.968 bits per heavy atom. The number of aromatic nitrogens is 1. The molecule has 0 radical (unpaired) electrons. The van der Waals surface area contributed by atoms with Crippen LogP contribution in [0.5, 0.6) is 0 Å². The predicted molar refractivity (Wildman–Crippen MR) is 126 cm³/mol. The Hall–Kier alpha value is -3.29. The van der Waals surface area contributed by atoms with Crippen molar-refractivity contribution in [1.82, 2.24) is 10.3 Å². The highest BCUT2D eigenvalue weighted by molar-refractivity contribution is 7.17. The first kappa shape index (κ1) is 21.0. The number of amides is 2. The summed E-state index contributed by atoms with van der Waals surface area (Å²) in [7, 11) is 0. The predicted octanol–water partition coefficient (Wildman–Crippen LogP) is 4.29. The second kappa shape index (κ2) is 9.68. The van der Waals surface area contributed by atoms with Crippen LogP contribution >= 0.6 is 22.7 Å². The molecule has 7 heteroatoms. The van der Waals surface area contributed by atoms with E-state index in [-0.39, 0.29) is 12.3 Å². The number of hydrogen-bond acceptors (Lipinski definition) is 5. The average Bonchev–Trinajstić information content (AvgIpc) is 3.44. The van der Waals surface area contributed by atoms with Gasteiger partial charge in [0.15, 0.2) is 0 Å². The quantitative estimate of drug-likeness (QED) is 0.422. The van der Waals surface area contributed by atoms with E-state index in [4.69, 9.17) is 10.7 Å². The van der Waals surface area contributed by atoms with Crippen LogP contribution in [0.3, 0.4) is 0 Å². The minimum Gasteiger partial charge on any atom is -0.368 e. The van der Waals surface area contributed by atoms with Crippen molar-refractivity contribution in [3.63, 3.8) is 0 Å². The summed E-state index contributed by atoms with van der Waals surface area (Å²) in [5, 5.41) is 5.66. The zero-order valence-electron chi connectivity index (χ0n) is 16.7. The smallest absolute Gasteiger partial charge is 0.240 e. The number of thiazole rings is 1. The van der Waals surface area contributed by atoms with Crippen LogP contribution in [0.1, 0.15) is 10.4 Å². The van der Waals surface area contributed by atoms with Crippen LogP contribution in [0, 0.1) is 0 Å². The van der Waals surface area contributed by atoms with Gasteiger partial charge < -0.3 is 11.1 Å². The third-order valence-corrected chi connectivity index (χ3v) is 6.74. The van der Waals surface area contributed by atoms with Crippen molar-refractivity contribution in [2.24, 2.45) is 5.73 Å². The summed E-state index contributed by atoms with van der Waals surface area (Å²) in [6.45, 7) is 0. The van der Waals surface area contributed by atoms with Gasteiger partial charge in [-0.2, -0.15) is 0 Å². The normalized spacial score (nSPS) is 11.7. The maximum absolute atomic E-state index is 12.8. The molecule has 31 heavy (non-hydrogen) atoms. The van der Waals surface area contributed by atoms with Crippen molar-refractivity contribution in [3.8, 4) is 21.1 Å². The molecule has 0 aliphatic rings. The molecule has 156 valence electrons. The van der Waals surface area contributed by atoms with Gasteiger partial charge in [0.25, 0.3) is 0 Å². The summed E-state index contributed by atoms with van der Waals surface area (Å²) < 4.78 is 0. The standard InChI is InChI=1S/C24H21N3O2S2/c25-23(29)18(14-16-8-3-1-4-9-16)26-21(28)15-20-22(19-12-7-13-30-19)27-24(31-20)17-10-5-2-6-11-17/h1-13,18H,14-15H2,(H2,25,29)(H,26,28). The first-order valence-electron chi connectivity index (χ1n) is 9.82. The molecular weight excluding hydrogens is 426 g/mol. The molecule has 0 saturated heterocycles. The van der Waals surface area contributed by atoms with Crippen molar-refractivity contribution in [2.75, 3.05) is 0 Å². The fourth-order valence-corrected chi connectivity index (χ4v) is 5.13. The van der Waals surface area contributed by atoms with Gasteiger partial charge >= 0.3 is 0 Å². The van der Waals surface area contributed by atoms with E-state index < -0.39 is 11.9 Å². The van der Waals surface area contributed by atoms with Gasteiger partial charge in [-0.25, -0.2) is 4.98 Å². The van der Waals surface area contributed by atoms with E-state index in [2.05, 4.69) is 5.32 Å². The minimum absolute atomic E-state index is 0.135. The number of nitrogens with two attached hydrogens (primary N) is 1. The fraction of sp³-hybridized carbons (Fsp3) is 0.125. The Labute approximate surface area is 188 Å². The highest BCUT2D eigenvalue weighted by atomic mass is 32.1. The fourth-order valence-electron chi connectivity index (χ4n) is 3.25. The van der Waals surface area contributed by atoms with Gasteiger partial charge in [-0.3, -0.25) is 9.59 Å². The molecule has 0 fully saturated rings. The Morgan fingerprint density at radius 3 is 2.32 bits per heavy atom. The topological polar surface area (TPSA) is 85.1 Å². The number of thiophene rings is 1. The van der Waals surface area contributed by atoms with Crippen molar-refractivity contribution >= 4 is 34.5 Å². The van der Waals surface area contributed by atoms with E-state index in [0.717, 1.165) is 31.6 Å². The van der Waals surface area contributed by atoms with Gasteiger partial charge in [-0.1, -0.05) is 66.7 Å². The third kappa shape index (κ3) is 5.25. The van der Waals surface area contributed by atoms with Gasteiger partial charge in [-0.15, -0.1) is 22.7 Å². The third-order valence-electron chi connectivity index (χ3n) is 4.76. The molecule has 3 N–H and O–H groups in total. The molecule has 0 spiro atoms. The Kier molecular flexibility index (Phi) is 6.54. The average molecular weight is 448 g/mol. The molecule has 0 saturated carbocycles. The molecule has 2 heterocycles. The first-order chi connectivity index (χ1) is 15.1. The largest absolute Gasteiger partial charge is 0.368 e. The van der Waals surface area contributed by atoms with E-state index in [1.165, 1.54) is 11.3 Å². The SMILES string of the molecule is NC(=O)C(Cc1ccccc1)NC(=O)Cc1sc(-c2ccccc2)nc1-c1cccs1. The molecule has 4 aromatic rings. The molecule has 1 unspecified atom stereocenters. The number of carbonyl (C=O) groups excluding carboxylic acids is 2. The molecule has 1 atom stereocenters. The number of benzene rings is 2. The highest BCUT2D eigenvalue weighted by Gasteiger charge is 2.22. The molecule has 0 aliphatic heterocycles. The molecule has 2 aromatic carbocycles. The monoisotopic (exact) mass is 447 g/mol. The Balaban J connectivity index is 1.55. The van der Waals surface area contributed by atoms with E-state index in [1.54, 1.807) is 11.3 Å². The summed E-state index contributed by atoms with van der Waals surface area (Å²) in [6, 6.07) is 22.6. The van der Waals surface area contributed by atoms with Gasteiger partial charge in [0, 0.05) is 16.9 Å². The van der Waals surface area contributed by atoms with Crippen LogP contribution < -0.4 is 11.1 Å². The lowest BCUT2D eigenvalue weighted by atomic mass is 10.1. The molecule has 2 amide bonds. The van der Waals surface area contributed by atoms with E-state index in [1.807, 2.05) is 78.2 Å². The molecule has 0 bridgehead atoms. The van der Waals surface area contributed by atoms with Gasteiger partial charge in [0.1, 0.15) is 11.0 Å². The zero-order valence-corrected chi connectivity index (χ0v) is 18.3. The van der Waals surface area contributed by atoms with Gasteiger partial charge in [0.2, 0.25) is 11.8 Å². The number of nitrogens with one attached hydrogen (secondary N) is 1. The van der Waals surface area contributed by atoms with Gasteiger partial charge in [0.05, 0.1) is 17.0 Å². The van der Waals surface area contributed by atoms with Crippen LogP contribution in [0.15, 0.2) is 78.2 Å². The number of carbonyl (C=O) groups is 2. The Morgan fingerprint density at radius 2 is 1.68 bits per heavy atom. The Bertz CT molecular complexity index is 1160. The number of primary amides is 1. The van der Waals surface area contributed by atoms with E-state index in [9.17, 15) is 9.59 Å². The molecule has 5 nitrogen and oxygen atoms in total. The molecular formula is C24H21N3O2S2. The number of hydrogen-bond donors (Lipinski definition) is 2. The maximum atomic E-state index is 12.8. The molecule has 4 rings (SSSR count). The minimum atomic E-state index is -0.762. The summed E-state index contributed by atoms with van der Waals surface area (Å²) >= 11 is 3.08. The zero-order chi connectivity index (χ0) is 21.6. The second-order valence-electron chi connectivity index (χ2n) is 7.02. The summed E-state index contributed by atoms with van der Waals surface area (Å²) in [5.74, 6) is -0.800. The lowest BCUT2D eigenvalue weighted by molar-refractivity contribution is -0.126. The molecule has 2 aromatic heterocycles.